The first-order chi connectivity index (χ1) is 9.02. The van der Waals surface area contributed by atoms with Crippen molar-refractivity contribution in [3.8, 4) is 0 Å². The van der Waals surface area contributed by atoms with Gasteiger partial charge in [-0.2, -0.15) is 0 Å². The zero-order chi connectivity index (χ0) is 14.3. The number of ether oxygens (including phenoxy) is 1. The van der Waals surface area contributed by atoms with E-state index >= 15 is 0 Å². The minimum absolute atomic E-state index is 0.0602. The van der Waals surface area contributed by atoms with E-state index in [0.717, 1.165) is 5.56 Å². The maximum absolute atomic E-state index is 12.9. The molecule has 0 aliphatic rings. The molecule has 1 amide bonds. The van der Waals surface area contributed by atoms with Gasteiger partial charge >= 0.3 is 5.97 Å². The van der Waals surface area contributed by atoms with Crippen molar-refractivity contribution in [3.63, 3.8) is 0 Å². The molecule has 0 unspecified atom stereocenters. The highest BCUT2D eigenvalue weighted by Crippen LogP contribution is 2.16. The molecule has 6 heteroatoms. The number of carbonyl (C=O) groups excluding carboxylic acids is 2. The first-order valence-electron chi connectivity index (χ1n) is 5.80. The monoisotopic (exact) mass is 287 g/mol. The molecule has 0 heterocycles. The van der Waals surface area contributed by atoms with E-state index in [0.29, 0.717) is 13.0 Å². The lowest BCUT2D eigenvalue weighted by atomic mass is 10.1. The summed E-state index contributed by atoms with van der Waals surface area (Å²) in [4.78, 5) is 22.2. The zero-order valence-electron chi connectivity index (χ0n) is 10.5. The largest absolute Gasteiger partial charge is 0.469 e. The zero-order valence-corrected chi connectivity index (χ0v) is 11.3. The van der Waals surface area contributed by atoms with Crippen LogP contribution >= 0.6 is 11.6 Å². The van der Waals surface area contributed by atoms with E-state index < -0.39 is 11.8 Å². The summed E-state index contributed by atoms with van der Waals surface area (Å²) in [6, 6.07) is 4.43. The highest BCUT2D eigenvalue weighted by Gasteiger charge is 2.06. The first-order valence-corrected chi connectivity index (χ1v) is 6.18. The van der Waals surface area contributed by atoms with E-state index in [4.69, 9.17) is 11.6 Å². The van der Waals surface area contributed by atoms with Crippen LogP contribution in [0, 0.1) is 5.82 Å². The molecule has 0 atom stereocenters. The normalized spacial score (nSPS) is 10.1. The van der Waals surface area contributed by atoms with Crippen LogP contribution in [-0.4, -0.2) is 25.5 Å². The van der Waals surface area contributed by atoms with Gasteiger partial charge in [0.25, 0.3) is 0 Å². The smallest absolute Gasteiger partial charge is 0.306 e. The number of nitrogens with one attached hydrogen (secondary N) is 1. The fourth-order valence-corrected chi connectivity index (χ4v) is 1.65. The molecule has 1 rings (SSSR count). The standard InChI is InChI=1S/C13H15ClFNO3/c1-19-13(18)5-4-12(17)16-7-6-9-2-3-11(15)10(14)8-9/h2-3,8H,4-7H2,1H3,(H,16,17). The number of amides is 1. The fourth-order valence-electron chi connectivity index (χ4n) is 1.45. The molecule has 0 saturated heterocycles. The Bertz CT molecular complexity index is 465. The molecule has 1 aromatic rings. The number of benzene rings is 1. The lowest BCUT2D eigenvalue weighted by Crippen LogP contribution is -2.26. The van der Waals surface area contributed by atoms with Crippen molar-refractivity contribution in [3.05, 3.63) is 34.6 Å². The molecule has 104 valence electrons. The Morgan fingerprint density at radius 3 is 2.74 bits per heavy atom. The molecule has 0 bridgehead atoms. The van der Waals surface area contributed by atoms with Crippen molar-refractivity contribution in [1.82, 2.24) is 5.32 Å². The molecule has 1 aromatic carbocycles. The molecule has 4 nitrogen and oxygen atoms in total. The number of halogens is 2. The van der Waals surface area contributed by atoms with Gasteiger partial charge in [0.15, 0.2) is 0 Å². The summed E-state index contributed by atoms with van der Waals surface area (Å²) < 4.78 is 17.3. The van der Waals surface area contributed by atoms with Crippen molar-refractivity contribution in [2.45, 2.75) is 19.3 Å². The molecule has 0 radical (unpaired) electrons. The summed E-state index contributed by atoms with van der Waals surface area (Å²) in [5.41, 5.74) is 0.833. The number of methoxy groups -OCH3 is 1. The minimum Gasteiger partial charge on any atom is -0.469 e. The Morgan fingerprint density at radius 2 is 2.11 bits per heavy atom. The van der Waals surface area contributed by atoms with Gasteiger partial charge in [-0.25, -0.2) is 4.39 Å². The number of carbonyl (C=O) groups is 2. The van der Waals surface area contributed by atoms with Crippen LogP contribution in [-0.2, 0) is 20.7 Å². The average molecular weight is 288 g/mol. The van der Waals surface area contributed by atoms with Crippen LogP contribution in [0.2, 0.25) is 5.02 Å². The summed E-state index contributed by atoms with van der Waals surface area (Å²) in [5.74, 6) is -1.10. The average Bonchev–Trinajstić information content (AvgIpc) is 2.40. The maximum atomic E-state index is 12.9. The summed E-state index contributed by atoms with van der Waals surface area (Å²) in [6.07, 6.45) is 0.700. The Hall–Kier alpha value is -1.62. The maximum Gasteiger partial charge on any atom is 0.306 e. The molecule has 19 heavy (non-hydrogen) atoms. The van der Waals surface area contributed by atoms with E-state index in [1.54, 1.807) is 6.07 Å². The summed E-state index contributed by atoms with van der Waals surface area (Å²) in [5, 5.41) is 2.73. The van der Waals surface area contributed by atoms with Crippen LogP contribution in [0.15, 0.2) is 18.2 Å². The van der Waals surface area contributed by atoms with Crippen LogP contribution in [0.5, 0.6) is 0 Å². The van der Waals surface area contributed by atoms with Crippen molar-refractivity contribution in [1.29, 1.82) is 0 Å². The molecule has 0 aliphatic carbocycles. The topological polar surface area (TPSA) is 55.4 Å². The minimum atomic E-state index is -0.465. The van der Waals surface area contributed by atoms with Gasteiger partial charge in [0, 0.05) is 13.0 Å². The molecule has 0 fully saturated rings. The van der Waals surface area contributed by atoms with Gasteiger partial charge in [-0.05, 0) is 24.1 Å². The summed E-state index contributed by atoms with van der Waals surface area (Å²) in [7, 11) is 1.28. The number of hydrogen-bond donors (Lipinski definition) is 1. The third-order valence-electron chi connectivity index (χ3n) is 2.50. The second kappa shape index (κ2) is 7.74. The van der Waals surface area contributed by atoms with Crippen molar-refractivity contribution >= 4 is 23.5 Å². The summed E-state index contributed by atoms with van der Waals surface area (Å²) in [6.45, 7) is 0.405. The van der Waals surface area contributed by atoms with Crippen LogP contribution in [0.4, 0.5) is 4.39 Å². The third-order valence-corrected chi connectivity index (χ3v) is 2.79. The van der Waals surface area contributed by atoms with E-state index in [-0.39, 0.29) is 23.8 Å². The lowest BCUT2D eigenvalue weighted by molar-refractivity contribution is -0.142. The van der Waals surface area contributed by atoms with Gasteiger partial charge in [-0.15, -0.1) is 0 Å². The Labute approximate surface area is 115 Å². The van der Waals surface area contributed by atoms with Gasteiger partial charge in [0.2, 0.25) is 5.91 Å². The Kier molecular flexibility index (Phi) is 6.29. The molecular formula is C13H15ClFNO3. The lowest BCUT2D eigenvalue weighted by Gasteiger charge is -2.05. The van der Waals surface area contributed by atoms with Crippen LogP contribution < -0.4 is 5.32 Å². The van der Waals surface area contributed by atoms with Crippen LogP contribution in [0.25, 0.3) is 0 Å². The Balaban J connectivity index is 2.28. The van der Waals surface area contributed by atoms with E-state index in [9.17, 15) is 14.0 Å². The SMILES string of the molecule is COC(=O)CCC(=O)NCCc1ccc(F)c(Cl)c1. The summed E-state index contributed by atoms with van der Waals surface area (Å²) >= 11 is 5.64. The molecule has 0 aromatic heterocycles. The fraction of sp³-hybridized carbons (Fsp3) is 0.385. The number of rotatable bonds is 6. The van der Waals surface area contributed by atoms with Gasteiger partial charge in [0.1, 0.15) is 5.82 Å². The first kappa shape index (κ1) is 15.4. The van der Waals surface area contributed by atoms with Gasteiger partial charge in [0.05, 0.1) is 18.6 Å². The number of hydrogen-bond acceptors (Lipinski definition) is 3. The van der Waals surface area contributed by atoms with Gasteiger partial charge < -0.3 is 10.1 Å². The van der Waals surface area contributed by atoms with Gasteiger partial charge in [-0.3, -0.25) is 9.59 Å². The van der Waals surface area contributed by atoms with Crippen molar-refractivity contribution in [2.24, 2.45) is 0 Å². The van der Waals surface area contributed by atoms with Crippen LogP contribution in [0.1, 0.15) is 18.4 Å². The predicted molar refractivity (Wildman–Crippen MR) is 69.4 cm³/mol. The molecule has 0 saturated carbocycles. The molecule has 1 N–H and O–H groups in total. The van der Waals surface area contributed by atoms with E-state index in [1.165, 1.54) is 19.2 Å². The third kappa shape index (κ3) is 5.70. The van der Waals surface area contributed by atoms with Gasteiger partial charge in [-0.1, -0.05) is 17.7 Å². The second-order valence-corrected chi connectivity index (χ2v) is 4.33. The highest BCUT2D eigenvalue weighted by molar-refractivity contribution is 6.30. The predicted octanol–water partition coefficient (Wildman–Crippen LogP) is 2.09. The Morgan fingerprint density at radius 1 is 1.37 bits per heavy atom. The number of esters is 1. The van der Waals surface area contributed by atoms with Crippen molar-refractivity contribution in [2.75, 3.05) is 13.7 Å². The molecular weight excluding hydrogens is 273 g/mol. The van der Waals surface area contributed by atoms with Crippen LogP contribution in [0.3, 0.4) is 0 Å². The van der Waals surface area contributed by atoms with E-state index in [1.807, 2.05) is 0 Å². The second-order valence-electron chi connectivity index (χ2n) is 3.92. The van der Waals surface area contributed by atoms with E-state index in [2.05, 4.69) is 10.1 Å². The molecule has 0 spiro atoms. The quantitative estimate of drug-likeness (QED) is 0.815. The molecule has 0 aliphatic heterocycles. The van der Waals surface area contributed by atoms with Crippen molar-refractivity contribution < 1.29 is 18.7 Å². The highest BCUT2D eigenvalue weighted by atomic mass is 35.5.